The van der Waals surface area contributed by atoms with Crippen LogP contribution in [0.3, 0.4) is 0 Å². The van der Waals surface area contributed by atoms with Gasteiger partial charge in [0.1, 0.15) is 5.75 Å². The molecule has 1 aromatic carbocycles. The van der Waals surface area contributed by atoms with Gasteiger partial charge in [0.25, 0.3) is 0 Å². The van der Waals surface area contributed by atoms with Gasteiger partial charge in [-0.1, -0.05) is 19.1 Å². The largest absolute Gasteiger partial charge is 0.497 e. The molecule has 0 saturated carbocycles. The molecular weight excluding hydrogens is 306 g/mol. The molecule has 1 N–H and O–H groups in total. The molecule has 1 heterocycles. The minimum atomic E-state index is 0.242. The summed E-state index contributed by atoms with van der Waals surface area (Å²) in [7, 11) is 1.68. The van der Waals surface area contributed by atoms with Gasteiger partial charge in [0.15, 0.2) is 4.67 Å². The van der Waals surface area contributed by atoms with Crippen LogP contribution in [0.15, 0.2) is 45.7 Å². The van der Waals surface area contributed by atoms with Crippen LogP contribution in [0.2, 0.25) is 0 Å². The molecule has 4 heteroatoms. The lowest BCUT2D eigenvalue weighted by Crippen LogP contribution is -2.22. The van der Waals surface area contributed by atoms with E-state index in [1.54, 1.807) is 13.4 Å². The summed E-state index contributed by atoms with van der Waals surface area (Å²) in [5.41, 5.74) is 2.41. The molecule has 2 aromatic rings. The summed E-state index contributed by atoms with van der Waals surface area (Å²) >= 11 is 3.45. The predicted molar refractivity (Wildman–Crippen MR) is 79.5 cm³/mol. The molecule has 3 nitrogen and oxygen atoms in total. The van der Waals surface area contributed by atoms with Crippen molar-refractivity contribution in [3.05, 3.63) is 52.4 Å². The van der Waals surface area contributed by atoms with E-state index in [4.69, 9.17) is 9.15 Å². The Bertz CT molecular complexity index is 507. The minimum absolute atomic E-state index is 0.242. The van der Waals surface area contributed by atoms with E-state index in [-0.39, 0.29) is 6.04 Å². The van der Waals surface area contributed by atoms with Gasteiger partial charge in [-0.2, -0.15) is 0 Å². The fourth-order valence-corrected chi connectivity index (χ4v) is 2.61. The summed E-state index contributed by atoms with van der Waals surface area (Å²) in [5, 5.41) is 3.48. The molecule has 0 amide bonds. The van der Waals surface area contributed by atoms with E-state index in [0.717, 1.165) is 28.9 Å². The van der Waals surface area contributed by atoms with Gasteiger partial charge in [-0.25, -0.2) is 0 Å². The highest BCUT2D eigenvalue weighted by Gasteiger charge is 2.16. The second-order valence-corrected chi connectivity index (χ2v) is 5.03. The number of methoxy groups -OCH3 is 1. The van der Waals surface area contributed by atoms with E-state index >= 15 is 0 Å². The standard InChI is InChI=1S/C15H18BrNO2/c1-3-17-14(13-8-9-19-15(13)16)10-11-4-6-12(18-2)7-5-11/h4-9,14,17H,3,10H2,1-2H3. The lowest BCUT2D eigenvalue weighted by atomic mass is 10.0. The molecule has 0 saturated heterocycles. The maximum atomic E-state index is 5.32. The highest BCUT2D eigenvalue weighted by atomic mass is 79.9. The van der Waals surface area contributed by atoms with E-state index in [1.165, 1.54) is 5.56 Å². The number of likely N-dealkylation sites (N-methyl/N-ethyl adjacent to an activating group) is 1. The van der Waals surface area contributed by atoms with E-state index in [0.29, 0.717) is 0 Å². The Morgan fingerprint density at radius 3 is 2.53 bits per heavy atom. The SMILES string of the molecule is CCNC(Cc1ccc(OC)cc1)c1ccoc1Br. The van der Waals surface area contributed by atoms with Crippen molar-refractivity contribution in [2.45, 2.75) is 19.4 Å². The number of hydrogen-bond donors (Lipinski definition) is 1. The van der Waals surface area contributed by atoms with Gasteiger partial charge < -0.3 is 14.5 Å². The van der Waals surface area contributed by atoms with Crippen molar-refractivity contribution in [3.8, 4) is 5.75 Å². The monoisotopic (exact) mass is 323 g/mol. The third-order valence-corrected chi connectivity index (χ3v) is 3.72. The number of ether oxygens (including phenoxy) is 1. The van der Waals surface area contributed by atoms with Gasteiger partial charge in [0, 0.05) is 11.6 Å². The number of hydrogen-bond acceptors (Lipinski definition) is 3. The smallest absolute Gasteiger partial charge is 0.173 e. The fourth-order valence-electron chi connectivity index (χ4n) is 2.09. The number of furan rings is 1. The third-order valence-electron chi connectivity index (χ3n) is 3.07. The van der Waals surface area contributed by atoms with Crippen molar-refractivity contribution >= 4 is 15.9 Å². The molecule has 0 spiro atoms. The fraction of sp³-hybridized carbons (Fsp3) is 0.333. The molecule has 0 aliphatic rings. The summed E-state index contributed by atoms with van der Waals surface area (Å²) in [6.07, 6.45) is 2.62. The minimum Gasteiger partial charge on any atom is -0.497 e. The lowest BCUT2D eigenvalue weighted by Gasteiger charge is -2.17. The highest BCUT2D eigenvalue weighted by Crippen LogP contribution is 2.27. The van der Waals surface area contributed by atoms with Crippen LogP contribution in [0.4, 0.5) is 0 Å². The molecule has 0 radical (unpaired) electrons. The van der Waals surface area contributed by atoms with Gasteiger partial charge in [-0.3, -0.25) is 0 Å². The van der Waals surface area contributed by atoms with E-state index in [1.807, 2.05) is 18.2 Å². The zero-order valence-corrected chi connectivity index (χ0v) is 12.7. The van der Waals surface area contributed by atoms with Crippen LogP contribution in [-0.4, -0.2) is 13.7 Å². The summed E-state index contributed by atoms with van der Waals surface area (Å²) in [6.45, 7) is 3.02. The molecule has 0 aliphatic heterocycles. The first-order valence-electron chi connectivity index (χ1n) is 6.33. The summed E-state index contributed by atoms with van der Waals surface area (Å²) in [4.78, 5) is 0. The van der Waals surface area contributed by atoms with Crippen molar-refractivity contribution in [2.24, 2.45) is 0 Å². The maximum absolute atomic E-state index is 5.32. The van der Waals surface area contributed by atoms with E-state index < -0.39 is 0 Å². The Morgan fingerprint density at radius 1 is 1.26 bits per heavy atom. The molecule has 1 unspecified atom stereocenters. The normalized spacial score (nSPS) is 12.4. The zero-order valence-electron chi connectivity index (χ0n) is 11.2. The van der Waals surface area contributed by atoms with Gasteiger partial charge in [0.2, 0.25) is 0 Å². The molecule has 19 heavy (non-hydrogen) atoms. The van der Waals surface area contributed by atoms with Gasteiger partial charge in [-0.05, 0) is 52.7 Å². The maximum Gasteiger partial charge on any atom is 0.173 e. The molecule has 0 fully saturated rings. The summed E-state index contributed by atoms with van der Waals surface area (Å²) in [5.74, 6) is 0.883. The molecule has 1 aromatic heterocycles. The molecular formula is C15H18BrNO2. The molecule has 0 bridgehead atoms. The van der Waals surface area contributed by atoms with Crippen LogP contribution in [0.1, 0.15) is 24.1 Å². The van der Waals surface area contributed by atoms with Gasteiger partial charge >= 0.3 is 0 Å². The predicted octanol–water partition coefficient (Wildman–Crippen LogP) is 3.94. The molecule has 0 aliphatic carbocycles. The second-order valence-electron chi connectivity index (χ2n) is 4.31. The lowest BCUT2D eigenvalue weighted by molar-refractivity contribution is 0.414. The van der Waals surface area contributed by atoms with Crippen LogP contribution < -0.4 is 10.1 Å². The Hall–Kier alpha value is -1.26. The number of nitrogens with one attached hydrogen (secondary N) is 1. The third kappa shape index (κ3) is 3.61. The van der Waals surface area contributed by atoms with Crippen LogP contribution >= 0.6 is 15.9 Å². The average molecular weight is 324 g/mol. The number of halogens is 1. The van der Waals surface area contributed by atoms with Crippen LogP contribution in [0.5, 0.6) is 5.75 Å². The van der Waals surface area contributed by atoms with Crippen LogP contribution in [0, 0.1) is 0 Å². The van der Waals surface area contributed by atoms with Gasteiger partial charge in [-0.15, -0.1) is 0 Å². The second kappa shape index (κ2) is 6.78. The quantitative estimate of drug-likeness (QED) is 0.874. The first-order chi connectivity index (χ1) is 9.24. The molecule has 1 atom stereocenters. The Kier molecular flexibility index (Phi) is 5.05. The molecule has 2 rings (SSSR count). The zero-order chi connectivity index (χ0) is 13.7. The van der Waals surface area contributed by atoms with E-state index in [2.05, 4.69) is 40.3 Å². The Balaban J connectivity index is 2.14. The average Bonchev–Trinajstić information content (AvgIpc) is 2.85. The van der Waals surface area contributed by atoms with Crippen LogP contribution in [0.25, 0.3) is 0 Å². The van der Waals surface area contributed by atoms with Gasteiger partial charge in [0.05, 0.1) is 13.4 Å². The van der Waals surface area contributed by atoms with Crippen molar-refractivity contribution in [1.82, 2.24) is 5.32 Å². The summed E-state index contributed by atoms with van der Waals surface area (Å²) < 4.78 is 11.3. The topological polar surface area (TPSA) is 34.4 Å². The Labute approximate surface area is 122 Å². The van der Waals surface area contributed by atoms with Crippen molar-refractivity contribution in [1.29, 1.82) is 0 Å². The molecule has 102 valence electrons. The number of rotatable bonds is 6. The van der Waals surface area contributed by atoms with Crippen molar-refractivity contribution in [3.63, 3.8) is 0 Å². The van der Waals surface area contributed by atoms with E-state index in [9.17, 15) is 0 Å². The first kappa shape index (κ1) is 14.2. The summed E-state index contributed by atoms with van der Waals surface area (Å²) in [6, 6.07) is 10.4. The Morgan fingerprint density at radius 2 is 2.00 bits per heavy atom. The highest BCUT2D eigenvalue weighted by molar-refractivity contribution is 9.10. The first-order valence-corrected chi connectivity index (χ1v) is 7.13. The number of benzene rings is 1. The van der Waals surface area contributed by atoms with Crippen molar-refractivity contribution in [2.75, 3.05) is 13.7 Å². The van der Waals surface area contributed by atoms with Crippen molar-refractivity contribution < 1.29 is 9.15 Å². The van der Waals surface area contributed by atoms with Crippen LogP contribution in [-0.2, 0) is 6.42 Å².